The van der Waals surface area contributed by atoms with Crippen LogP contribution >= 0.6 is 0 Å². The van der Waals surface area contributed by atoms with Crippen molar-refractivity contribution in [2.24, 2.45) is 5.92 Å². The van der Waals surface area contributed by atoms with Gasteiger partial charge >= 0.3 is 12.0 Å². The van der Waals surface area contributed by atoms with Crippen LogP contribution in [0.4, 0.5) is 13.6 Å². The molecule has 0 aliphatic carbocycles. The number of halogens is 2. The van der Waals surface area contributed by atoms with Crippen molar-refractivity contribution in [1.82, 2.24) is 30.3 Å². The van der Waals surface area contributed by atoms with Gasteiger partial charge in [0.25, 0.3) is 0 Å². The summed E-state index contributed by atoms with van der Waals surface area (Å²) in [6.45, 7) is 3.09. The molecule has 2 aliphatic heterocycles. The number of aryl methyl sites for hydroxylation is 1. The molecule has 2 aromatic heterocycles. The highest BCUT2D eigenvalue weighted by atomic mass is 19.1. The average molecular weight is 511 g/mol. The highest BCUT2D eigenvalue weighted by molar-refractivity contribution is 5.76. The van der Waals surface area contributed by atoms with Gasteiger partial charge in [0.1, 0.15) is 11.6 Å². The number of aromatic amines is 1. The van der Waals surface area contributed by atoms with E-state index < -0.39 is 29.6 Å². The third-order valence-electron chi connectivity index (χ3n) is 7.04. The van der Waals surface area contributed by atoms with Crippen molar-refractivity contribution >= 4 is 12.0 Å². The first-order valence-electron chi connectivity index (χ1n) is 12.2. The minimum Gasteiger partial charge on any atom is -0.481 e. The number of carboxylic acids is 1. The van der Waals surface area contributed by atoms with Crippen LogP contribution in [0, 0.1) is 24.5 Å². The van der Waals surface area contributed by atoms with E-state index in [4.69, 9.17) is 0 Å². The Morgan fingerprint density at radius 1 is 1.22 bits per heavy atom. The summed E-state index contributed by atoms with van der Waals surface area (Å²) >= 11 is 0. The number of carboxylic acid groups (broad SMARTS) is 1. The van der Waals surface area contributed by atoms with E-state index in [1.165, 1.54) is 18.2 Å². The van der Waals surface area contributed by atoms with E-state index in [9.17, 15) is 23.5 Å². The number of rotatable bonds is 5. The second-order valence-electron chi connectivity index (χ2n) is 9.70. The minimum absolute atomic E-state index is 0.0779. The first-order valence-corrected chi connectivity index (χ1v) is 12.2. The van der Waals surface area contributed by atoms with Gasteiger partial charge in [-0.05, 0) is 37.6 Å². The maximum Gasteiger partial charge on any atom is 0.317 e. The van der Waals surface area contributed by atoms with Crippen molar-refractivity contribution in [3.63, 3.8) is 0 Å². The standard InChI is InChI=1S/C26H28F2N6O3/c1-15-9-16(5-7-29-15)24-20-14-34(8-6-23(20)31-32-24)26(37)30-18-10-17(25(35)36)11-33(12-18)13-19-21(27)3-2-4-22(19)28/h2-5,7,9,17-18H,6,8,10-14H2,1H3,(H,30,37)(H,31,32)(H,35,36). The molecule has 2 unspecified atom stereocenters. The van der Waals surface area contributed by atoms with Crippen LogP contribution in [-0.2, 0) is 24.3 Å². The van der Waals surface area contributed by atoms with Crippen molar-refractivity contribution in [2.75, 3.05) is 19.6 Å². The summed E-state index contributed by atoms with van der Waals surface area (Å²) in [4.78, 5) is 32.6. The van der Waals surface area contributed by atoms with Gasteiger partial charge in [0.2, 0.25) is 0 Å². The number of H-pyrrole nitrogens is 1. The average Bonchev–Trinajstić information content (AvgIpc) is 3.29. The molecule has 2 aliphatic rings. The lowest BCUT2D eigenvalue weighted by Crippen LogP contribution is -2.55. The number of benzene rings is 1. The molecule has 0 bridgehead atoms. The van der Waals surface area contributed by atoms with E-state index in [0.29, 0.717) is 19.5 Å². The van der Waals surface area contributed by atoms with E-state index in [0.717, 1.165) is 28.2 Å². The predicted molar refractivity (Wildman–Crippen MR) is 130 cm³/mol. The molecule has 1 fully saturated rings. The number of nitrogens with one attached hydrogen (secondary N) is 2. The van der Waals surface area contributed by atoms with Gasteiger partial charge in [-0.1, -0.05) is 6.07 Å². The van der Waals surface area contributed by atoms with Crippen LogP contribution in [0.3, 0.4) is 0 Å². The Morgan fingerprint density at radius 3 is 2.73 bits per heavy atom. The molecule has 5 rings (SSSR count). The summed E-state index contributed by atoms with van der Waals surface area (Å²) in [6.07, 6.45) is 2.57. The van der Waals surface area contributed by atoms with Gasteiger partial charge in [0.15, 0.2) is 0 Å². The van der Waals surface area contributed by atoms with Crippen LogP contribution in [0.5, 0.6) is 0 Å². The summed E-state index contributed by atoms with van der Waals surface area (Å²) in [5.74, 6) is -3.13. The molecule has 0 saturated carbocycles. The quantitative estimate of drug-likeness (QED) is 0.486. The van der Waals surface area contributed by atoms with Crippen molar-refractivity contribution in [1.29, 1.82) is 0 Å². The Labute approximate surface area is 212 Å². The molecule has 0 spiro atoms. The van der Waals surface area contributed by atoms with Crippen LogP contribution in [0.15, 0.2) is 36.5 Å². The number of urea groups is 1. The Bertz CT molecular complexity index is 1310. The van der Waals surface area contributed by atoms with Crippen molar-refractivity contribution in [3.05, 3.63) is 70.7 Å². The first kappa shape index (κ1) is 24.8. The molecule has 2 amide bonds. The number of nitrogens with zero attached hydrogens (tertiary/aromatic N) is 4. The lowest BCUT2D eigenvalue weighted by atomic mass is 9.93. The Hall–Kier alpha value is -3.86. The molecule has 2 atom stereocenters. The molecule has 3 N–H and O–H groups in total. The summed E-state index contributed by atoms with van der Waals surface area (Å²) in [5.41, 5.74) is 4.37. The minimum atomic E-state index is -1.00. The molecular weight excluding hydrogens is 482 g/mol. The largest absolute Gasteiger partial charge is 0.481 e. The van der Waals surface area contributed by atoms with Gasteiger partial charge in [-0.3, -0.25) is 19.8 Å². The maximum absolute atomic E-state index is 14.2. The van der Waals surface area contributed by atoms with Gasteiger partial charge in [0, 0.05) is 72.9 Å². The number of fused-ring (bicyclic) bond motifs is 1. The number of amides is 2. The van der Waals surface area contributed by atoms with E-state index >= 15 is 0 Å². The number of aliphatic carboxylic acids is 1. The highest BCUT2D eigenvalue weighted by Gasteiger charge is 2.34. The van der Waals surface area contributed by atoms with Crippen LogP contribution in [0.2, 0.25) is 0 Å². The van der Waals surface area contributed by atoms with Crippen LogP contribution in [0.25, 0.3) is 11.3 Å². The molecule has 11 heteroatoms. The molecule has 1 saturated heterocycles. The monoisotopic (exact) mass is 510 g/mol. The Morgan fingerprint density at radius 2 is 2.00 bits per heavy atom. The topological polar surface area (TPSA) is 114 Å². The number of carbonyl (C=O) groups is 2. The van der Waals surface area contributed by atoms with Gasteiger partial charge in [-0.15, -0.1) is 0 Å². The summed E-state index contributed by atoms with van der Waals surface area (Å²) in [7, 11) is 0. The zero-order valence-electron chi connectivity index (χ0n) is 20.4. The number of aromatic nitrogens is 3. The Kier molecular flexibility index (Phi) is 6.88. The summed E-state index contributed by atoms with van der Waals surface area (Å²) < 4.78 is 28.4. The highest BCUT2D eigenvalue weighted by Crippen LogP contribution is 2.29. The molecule has 0 radical (unpaired) electrons. The smallest absolute Gasteiger partial charge is 0.317 e. The third-order valence-corrected chi connectivity index (χ3v) is 7.04. The van der Waals surface area contributed by atoms with Crippen molar-refractivity contribution in [3.8, 4) is 11.3 Å². The predicted octanol–water partition coefficient (Wildman–Crippen LogP) is 3.10. The molecule has 37 heavy (non-hydrogen) atoms. The number of hydrogen-bond donors (Lipinski definition) is 3. The Balaban J connectivity index is 1.29. The molecule has 1 aromatic carbocycles. The fraction of sp³-hybridized carbons (Fsp3) is 0.385. The maximum atomic E-state index is 14.2. The fourth-order valence-corrected chi connectivity index (χ4v) is 5.18. The fourth-order valence-electron chi connectivity index (χ4n) is 5.18. The van der Waals surface area contributed by atoms with E-state index in [1.807, 2.05) is 19.1 Å². The van der Waals surface area contributed by atoms with Crippen LogP contribution in [-0.4, -0.2) is 67.8 Å². The van der Waals surface area contributed by atoms with Gasteiger partial charge in [-0.25, -0.2) is 13.6 Å². The normalized spacial score (nSPS) is 19.9. The second-order valence-corrected chi connectivity index (χ2v) is 9.70. The number of hydrogen-bond acceptors (Lipinski definition) is 5. The van der Waals surface area contributed by atoms with Crippen LogP contribution in [0.1, 0.15) is 28.9 Å². The number of piperidine rings is 1. The lowest BCUT2D eigenvalue weighted by molar-refractivity contribution is -0.144. The zero-order chi connectivity index (χ0) is 26.1. The second kappa shape index (κ2) is 10.3. The van der Waals surface area contributed by atoms with Gasteiger partial charge < -0.3 is 15.3 Å². The van der Waals surface area contributed by atoms with Crippen molar-refractivity contribution < 1.29 is 23.5 Å². The summed E-state index contributed by atoms with van der Waals surface area (Å²) in [6, 6.07) is 6.68. The number of likely N-dealkylation sites (tertiary alicyclic amines) is 1. The van der Waals surface area contributed by atoms with Gasteiger partial charge in [0.05, 0.1) is 18.2 Å². The molecule has 3 aromatic rings. The van der Waals surface area contributed by atoms with E-state index in [2.05, 4.69) is 20.5 Å². The first-order chi connectivity index (χ1) is 17.8. The third kappa shape index (κ3) is 5.31. The number of pyridine rings is 1. The molecule has 4 heterocycles. The van der Waals surface area contributed by atoms with Crippen molar-refractivity contribution in [2.45, 2.75) is 38.9 Å². The lowest BCUT2D eigenvalue weighted by Gasteiger charge is -2.38. The SMILES string of the molecule is Cc1cc(-c2n[nH]c3c2CN(C(=O)NC2CC(C(=O)O)CN(Cc4c(F)cccc4F)C2)CC3)ccn1. The van der Waals surface area contributed by atoms with E-state index in [1.54, 1.807) is 16.0 Å². The number of carbonyl (C=O) groups excluding carboxylic acids is 1. The summed E-state index contributed by atoms with van der Waals surface area (Å²) in [5, 5.41) is 20.2. The van der Waals surface area contributed by atoms with Crippen LogP contribution < -0.4 is 5.32 Å². The molecule has 194 valence electrons. The molecule has 9 nitrogen and oxygen atoms in total. The molecular formula is C26H28F2N6O3. The van der Waals surface area contributed by atoms with E-state index in [-0.39, 0.29) is 37.6 Å². The zero-order valence-corrected chi connectivity index (χ0v) is 20.4. The van der Waals surface area contributed by atoms with Gasteiger partial charge in [-0.2, -0.15) is 5.10 Å².